The molecule has 23 heavy (non-hydrogen) atoms. The van der Waals surface area contributed by atoms with E-state index in [2.05, 4.69) is 5.32 Å². The molecule has 1 aliphatic heterocycles. The van der Waals surface area contributed by atoms with Crippen LogP contribution < -0.4 is 10.1 Å². The van der Waals surface area contributed by atoms with Crippen LogP contribution >= 0.6 is 23.2 Å². The highest BCUT2D eigenvalue weighted by atomic mass is 35.5. The molecule has 1 unspecified atom stereocenters. The Kier molecular flexibility index (Phi) is 4.00. The summed E-state index contributed by atoms with van der Waals surface area (Å²) in [4.78, 5) is 12.7. The van der Waals surface area contributed by atoms with Crippen molar-refractivity contribution in [2.45, 2.75) is 10.3 Å². The first kappa shape index (κ1) is 16.1. The Morgan fingerprint density at radius 3 is 2.35 bits per heavy atom. The summed E-state index contributed by atoms with van der Waals surface area (Å²) in [6.45, 7) is 0. The third-order valence-electron chi connectivity index (χ3n) is 3.52. The monoisotopic (exact) mass is 371 g/mol. The quantitative estimate of drug-likeness (QED) is 0.836. The lowest BCUT2D eigenvalue weighted by molar-refractivity contribution is 0.0994. The van der Waals surface area contributed by atoms with Crippen LogP contribution in [0.25, 0.3) is 0 Å². The minimum absolute atomic E-state index is 0.0923. The number of rotatable bonds is 3. The molecule has 0 aliphatic carbocycles. The molecular formula is C15H11Cl2NO4S. The fraction of sp³-hybridized carbons (Fsp3) is 0.133. The molecule has 8 heteroatoms. The molecule has 1 aliphatic rings. The molecule has 0 amide bonds. The normalized spacial score (nSPS) is 18.1. The molecule has 0 radical (unpaired) electrons. The molecule has 1 atom stereocenters. The van der Waals surface area contributed by atoms with Crippen LogP contribution in [0.1, 0.15) is 10.4 Å². The Morgan fingerprint density at radius 1 is 1.17 bits per heavy atom. The van der Waals surface area contributed by atoms with Crippen molar-refractivity contribution in [2.24, 2.45) is 0 Å². The van der Waals surface area contributed by atoms with Gasteiger partial charge >= 0.3 is 0 Å². The van der Waals surface area contributed by atoms with Gasteiger partial charge in [0, 0.05) is 5.56 Å². The number of methoxy groups -OCH3 is 1. The van der Waals surface area contributed by atoms with E-state index in [4.69, 9.17) is 27.9 Å². The number of fused-ring (bicyclic) bond motifs is 1. The number of ether oxygens (including phenoxy) is 1. The van der Waals surface area contributed by atoms with Crippen LogP contribution in [0.5, 0.6) is 5.75 Å². The molecule has 2 aromatic rings. The van der Waals surface area contributed by atoms with Gasteiger partial charge in [-0.2, -0.15) is 0 Å². The number of hydrogen-bond donors (Lipinski definition) is 1. The number of benzene rings is 2. The number of sulfone groups is 1. The fourth-order valence-corrected chi connectivity index (χ4v) is 4.73. The summed E-state index contributed by atoms with van der Waals surface area (Å²) in [6, 6.07) is 9.04. The average molecular weight is 372 g/mol. The van der Waals surface area contributed by atoms with Crippen LogP contribution in [0, 0.1) is 0 Å². The molecule has 1 heterocycles. The highest BCUT2D eigenvalue weighted by Gasteiger charge is 2.41. The number of hydrogen-bond acceptors (Lipinski definition) is 5. The SMILES string of the molecule is COc1c(Cl)cc(C(=O)C2Nc3ccccc3S2(=O)=O)cc1Cl. The molecule has 0 bridgehead atoms. The molecule has 5 nitrogen and oxygen atoms in total. The van der Waals surface area contributed by atoms with Crippen molar-refractivity contribution < 1.29 is 17.9 Å². The van der Waals surface area contributed by atoms with Gasteiger partial charge in [-0.25, -0.2) is 8.42 Å². The van der Waals surface area contributed by atoms with E-state index in [1.165, 1.54) is 25.3 Å². The number of ketones is 1. The third-order valence-corrected chi connectivity index (χ3v) is 6.00. The maximum atomic E-state index is 12.6. The second-order valence-electron chi connectivity index (χ2n) is 4.90. The van der Waals surface area contributed by atoms with Gasteiger partial charge < -0.3 is 10.1 Å². The van der Waals surface area contributed by atoms with E-state index in [0.717, 1.165) is 0 Å². The van der Waals surface area contributed by atoms with Crippen LogP contribution in [0.2, 0.25) is 10.0 Å². The summed E-state index contributed by atoms with van der Waals surface area (Å²) >= 11 is 12.0. The molecule has 2 aromatic carbocycles. The van der Waals surface area contributed by atoms with E-state index < -0.39 is 21.0 Å². The lowest BCUT2D eigenvalue weighted by Crippen LogP contribution is -2.32. The van der Waals surface area contributed by atoms with Crippen LogP contribution in [0.15, 0.2) is 41.3 Å². The second-order valence-corrected chi connectivity index (χ2v) is 7.72. The Balaban J connectivity index is 2.03. The summed E-state index contributed by atoms with van der Waals surface area (Å²) in [6.07, 6.45) is 0. The summed E-state index contributed by atoms with van der Waals surface area (Å²) in [5.74, 6) is -0.400. The third kappa shape index (κ3) is 2.56. The number of nitrogens with one attached hydrogen (secondary N) is 1. The van der Waals surface area contributed by atoms with E-state index in [9.17, 15) is 13.2 Å². The van der Waals surface area contributed by atoms with Crippen molar-refractivity contribution in [1.82, 2.24) is 0 Å². The number of Topliss-reactive ketones (excluding diaryl/α,β-unsaturated/α-hetero) is 1. The van der Waals surface area contributed by atoms with Crippen molar-refractivity contribution >= 4 is 44.5 Å². The van der Waals surface area contributed by atoms with Crippen molar-refractivity contribution in [2.75, 3.05) is 12.4 Å². The highest BCUT2D eigenvalue weighted by Crippen LogP contribution is 2.37. The second kappa shape index (κ2) is 5.70. The molecule has 3 rings (SSSR count). The topological polar surface area (TPSA) is 72.5 Å². The standard InChI is InChI=1S/C15H11Cl2NO4S/c1-22-14-9(16)6-8(7-10(14)17)13(19)15-18-11-4-2-3-5-12(11)23(15,20)21/h2-7,15,18H,1H3. The molecule has 0 fully saturated rings. The van der Waals surface area contributed by atoms with Crippen molar-refractivity contribution in [3.63, 3.8) is 0 Å². The van der Waals surface area contributed by atoms with Crippen molar-refractivity contribution in [3.8, 4) is 5.75 Å². The Labute approximate surface area is 143 Å². The predicted molar refractivity (Wildman–Crippen MR) is 88.4 cm³/mol. The highest BCUT2D eigenvalue weighted by molar-refractivity contribution is 7.93. The van der Waals surface area contributed by atoms with Gasteiger partial charge in [0.1, 0.15) is 0 Å². The summed E-state index contributed by atoms with van der Waals surface area (Å²) < 4.78 is 30.1. The van der Waals surface area contributed by atoms with E-state index in [0.29, 0.717) is 5.69 Å². The van der Waals surface area contributed by atoms with E-state index >= 15 is 0 Å². The van der Waals surface area contributed by atoms with Crippen molar-refractivity contribution in [3.05, 3.63) is 52.0 Å². The van der Waals surface area contributed by atoms with E-state index in [1.54, 1.807) is 18.2 Å². The number of para-hydroxylation sites is 1. The van der Waals surface area contributed by atoms with Gasteiger partial charge in [-0.05, 0) is 24.3 Å². The number of carbonyl (C=O) groups excluding carboxylic acids is 1. The Bertz CT molecular complexity index is 888. The summed E-state index contributed by atoms with van der Waals surface area (Å²) in [5, 5.41) is 1.60. The first-order valence-corrected chi connectivity index (χ1v) is 8.83. The molecule has 0 saturated carbocycles. The van der Waals surface area contributed by atoms with Crippen molar-refractivity contribution in [1.29, 1.82) is 0 Å². The van der Waals surface area contributed by atoms with Crippen LogP contribution in [0.4, 0.5) is 5.69 Å². The minimum atomic E-state index is -3.81. The predicted octanol–water partition coefficient (Wildman–Crippen LogP) is 3.41. The van der Waals surface area contributed by atoms with Crippen LogP contribution in [-0.4, -0.2) is 26.7 Å². The van der Waals surface area contributed by atoms with Gasteiger partial charge in [0.25, 0.3) is 0 Å². The van der Waals surface area contributed by atoms with Gasteiger partial charge in [0.2, 0.25) is 15.6 Å². The van der Waals surface area contributed by atoms with Gasteiger partial charge in [-0.1, -0.05) is 35.3 Å². The first-order valence-electron chi connectivity index (χ1n) is 6.53. The number of carbonyl (C=O) groups is 1. The Hall–Kier alpha value is -1.76. The zero-order valence-electron chi connectivity index (χ0n) is 11.8. The molecule has 0 saturated heterocycles. The fourth-order valence-electron chi connectivity index (χ4n) is 2.43. The maximum absolute atomic E-state index is 12.6. The maximum Gasteiger partial charge on any atom is 0.208 e. The Morgan fingerprint density at radius 2 is 1.78 bits per heavy atom. The van der Waals surface area contributed by atoms with E-state index in [1.807, 2.05) is 0 Å². The van der Waals surface area contributed by atoms with E-state index in [-0.39, 0.29) is 26.3 Å². The van der Waals surface area contributed by atoms with Gasteiger partial charge in [0.05, 0.1) is 27.7 Å². The zero-order valence-corrected chi connectivity index (χ0v) is 14.2. The van der Waals surface area contributed by atoms with Gasteiger partial charge in [-0.15, -0.1) is 0 Å². The zero-order chi connectivity index (χ0) is 16.8. The minimum Gasteiger partial charge on any atom is -0.494 e. The molecule has 1 N–H and O–H groups in total. The average Bonchev–Trinajstić information content (AvgIpc) is 2.78. The molecular weight excluding hydrogens is 361 g/mol. The largest absolute Gasteiger partial charge is 0.494 e. The van der Waals surface area contributed by atoms with Gasteiger partial charge in [0.15, 0.2) is 11.1 Å². The summed E-state index contributed by atoms with van der Waals surface area (Å²) in [7, 11) is -2.42. The summed E-state index contributed by atoms with van der Waals surface area (Å²) in [5.41, 5.74) is 0.492. The molecule has 120 valence electrons. The van der Waals surface area contributed by atoms with Crippen LogP contribution in [0.3, 0.4) is 0 Å². The number of halogens is 2. The first-order chi connectivity index (χ1) is 10.9. The number of anilines is 1. The lowest BCUT2D eigenvalue weighted by Gasteiger charge is -2.12. The van der Waals surface area contributed by atoms with Gasteiger partial charge in [-0.3, -0.25) is 4.79 Å². The molecule has 0 spiro atoms. The van der Waals surface area contributed by atoms with Crippen LogP contribution in [-0.2, 0) is 9.84 Å². The molecule has 0 aromatic heterocycles. The smallest absolute Gasteiger partial charge is 0.208 e. The lowest BCUT2D eigenvalue weighted by atomic mass is 10.1.